The average molecular weight is 335 g/mol. The molecule has 6 nitrogen and oxygen atoms in total. The van der Waals surface area contributed by atoms with Crippen LogP contribution < -0.4 is 0 Å². The number of ether oxygens (including phenoxy) is 3. The summed E-state index contributed by atoms with van der Waals surface area (Å²) in [6.07, 6.45) is -0.413. The molecule has 2 fully saturated rings. The molecule has 2 aliphatic heterocycles. The molecule has 0 atom stereocenters. The van der Waals surface area contributed by atoms with Gasteiger partial charge in [-0.25, -0.2) is 4.79 Å². The molecule has 0 unspecified atom stereocenters. The molecule has 2 aliphatic rings. The zero-order valence-corrected chi connectivity index (χ0v) is 14.7. The van der Waals surface area contributed by atoms with Crippen LogP contribution in [-0.2, 0) is 25.6 Å². The SMILES string of the molecule is CC(C)(C)OC(=O)N1CC(O)(c2ccccc2C2(C)OCCO2)C1. The fourth-order valence-corrected chi connectivity index (χ4v) is 3.17. The van der Waals surface area contributed by atoms with E-state index in [2.05, 4.69) is 0 Å². The van der Waals surface area contributed by atoms with Crippen molar-refractivity contribution in [2.45, 2.75) is 44.7 Å². The van der Waals surface area contributed by atoms with E-state index >= 15 is 0 Å². The first-order valence-corrected chi connectivity index (χ1v) is 8.21. The van der Waals surface area contributed by atoms with E-state index in [1.54, 1.807) is 0 Å². The van der Waals surface area contributed by atoms with E-state index < -0.39 is 23.1 Å². The van der Waals surface area contributed by atoms with Crippen LogP contribution in [-0.4, -0.2) is 48.0 Å². The number of β-amino-alcohol motifs (C(OH)–C–C–N with tert-alkyl or cyclic N) is 1. The molecule has 24 heavy (non-hydrogen) atoms. The van der Waals surface area contributed by atoms with Crippen LogP contribution in [0, 0.1) is 0 Å². The average Bonchev–Trinajstić information content (AvgIpc) is 2.90. The Labute approximate surface area is 142 Å². The highest BCUT2D eigenvalue weighted by Crippen LogP contribution is 2.41. The third-order valence-corrected chi connectivity index (χ3v) is 4.31. The number of hydrogen-bond acceptors (Lipinski definition) is 5. The van der Waals surface area contributed by atoms with Crippen LogP contribution in [0.5, 0.6) is 0 Å². The van der Waals surface area contributed by atoms with Crippen molar-refractivity contribution in [2.24, 2.45) is 0 Å². The summed E-state index contributed by atoms with van der Waals surface area (Å²) in [7, 11) is 0. The van der Waals surface area contributed by atoms with Gasteiger partial charge in [0.1, 0.15) is 11.2 Å². The Bertz CT molecular complexity index is 625. The second-order valence-electron chi connectivity index (χ2n) is 7.56. The van der Waals surface area contributed by atoms with Crippen LogP contribution in [0.15, 0.2) is 24.3 Å². The molecule has 1 N–H and O–H groups in total. The van der Waals surface area contributed by atoms with Gasteiger partial charge < -0.3 is 24.2 Å². The first-order valence-electron chi connectivity index (χ1n) is 8.21. The Morgan fingerprint density at radius 2 is 1.71 bits per heavy atom. The fraction of sp³-hybridized carbons (Fsp3) is 0.611. The third kappa shape index (κ3) is 3.14. The number of likely N-dealkylation sites (tertiary alicyclic amines) is 1. The second-order valence-corrected chi connectivity index (χ2v) is 7.56. The largest absolute Gasteiger partial charge is 0.444 e. The number of aliphatic hydroxyl groups is 1. The second kappa shape index (κ2) is 5.72. The fourth-order valence-electron chi connectivity index (χ4n) is 3.17. The van der Waals surface area contributed by atoms with Crippen LogP contribution in [0.25, 0.3) is 0 Å². The monoisotopic (exact) mass is 335 g/mol. The minimum atomic E-state index is -1.12. The van der Waals surface area contributed by atoms with Gasteiger partial charge in [0, 0.05) is 5.56 Å². The minimum absolute atomic E-state index is 0.189. The molecule has 0 bridgehead atoms. The van der Waals surface area contributed by atoms with Gasteiger partial charge in [-0.05, 0) is 33.3 Å². The van der Waals surface area contributed by atoms with Gasteiger partial charge in [0.15, 0.2) is 5.79 Å². The zero-order chi connectivity index (χ0) is 17.6. The van der Waals surface area contributed by atoms with Crippen molar-refractivity contribution in [1.29, 1.82) is 0 Å². The van der Waals surface area contributed by atoms with Crippen molar-refractivity contribution < 1.29 is 24.1 Å². The van der Waals surface area contributed by atoms with Crippen molar-refractivity contribution >= 4 is 6.09 Å². The third-order valence-electron chi connectivity index (χ3n) is 4.31. The topological polar surface area (TPSA) is 68.2 Å². The zero-order valence-electron chi connectivity index (χ0n) is 14.7. The minimum Gasteiger partial charge on any atom is -0.444 e. The van der Waals surface area contributed by atoms with E-state index in [0.29, 0.717) is 13.2 Å². The number of rotatable bonds is 2. The lowest BCUT2D eigenvalue weighted by Crippen LogP contribution is -2.62. The predicted octanol–water partition coefficient (Wildman–Crippen LogP) is 2.34. The van der Waals surface area contributed by atoms with E-state index in [1.165, 1.54) is 4.90 Å². The van der Waals surface area contributed by atoms with Gasteiger partial charge in [-0.15, -0.1) is 0 Å². The lowest BCUT2D eigenvalue weighted by Gasteiger charge is -2.48. The van der Waals surface area contributed by atoms with Crippen molar-refractivity contribution in [3.8, 4) is 0 Å². The highest BCUT2D eigenvalue weighted by atomic mass is 16.7. The number of benzene rings is 1. The van der Waals surface area contributed by atoms with Gasteiger partial charge in [0.25, 0.3) is 0 Å². The van der Waals surface area contributed by atoms with E-state index in [1.807, 2.05) is 52.0 Å². The van der Waals surface area contributed by atoms with Gasteiger partial charge in [-0.1, -0.05) is 24.3 Å². The predicted molar refractivity (Wildman–Crippen MR) is 87.4 cm³/mol. The number of nitrogens with zero attached hydrogens (tertiary/aromatic N) is 1. The molecule has 6 heteroatoms. The van der Waals surface area contributed by atoms with Crippen molar-refractivity contribution in [3.05, 3.63) is 35.4 Å². The summed E-state index contributed by atoms with van der Waals surface area (Å²) >= 11 is 0. The first kappa shape index (κ1) is 17.2. The summed E-state index contributed by atoms with van der Waals surface area (Å²) in [6, 6.07) is 7.51. The lowest BCUT2D eigenvalue weighted by atomic mass is 9.81. The molecular weight excluding hydrogens is 310 g/mol. The molecule has 0 aromatic heterocycles. The molecule has 2 heterocycles. The quantitative estimate of drug-likeness (QED) is 0.898. The van der Waals surface area contributed by atoms with Gasteiger partial charge in [0.05, 0.1) is 26.3 Å². The van der Waals surface area contributed by atoms with Gasteiger partial charge in [-0.3, -0.25) is 0 Å². The molecule has 3 rings (SSSR count). The maximum absolute atomic E-state index is 12.1. The molecule has 0 spiro atoms. The number of amides is 1. The highest BCUT2D eigenvalue weighted by molar-refractivity contribution is 5.70. The molecule has 1 aromatic carbocycles. The summed E-state index contributed by atoms with van der Waals surface area (Å²) in [5, 5.41) is 11.0. The lowest BCUT2D eigenvalue weighted by molar-refractivity contribution is -0.156. The Morgan fingerprint density at radius 3 is 2.25 bits per heavy atom. The van der Waals surface area contributed by atoms with Crippen LogP contribution >= 0.6 is 0 Å². The van der Waals surface area contributed by atoms with E-state index in [4.69, 9.17) is 14.2 Å². The molecule has 2 saturated heterocycles. The summed E-state index contributed by atoms with van der Waals surface area (Å²) < 4.78 is 16.8. The van der Waals surface area contributed by atoms with Crippen molar-refractivity contribution in [1.82, 2.24) is 4.90 Å². The summed E-state index contributed by atoms with van der Waals surface area (Å²) in [6.45, 7) is 8.74. The molecule has 0 aliphatic carbocycles. The standard InChI is InChI=1S/C18H25NO5/c1-16(2,3)24-15(20)19-11-18(21,12-19)14-8-6-5-7-13(14)17(4)22-9-10-23-17/h5-8,21H,9-12H2,1-4H3. The van der Waals surface area contributed by atoms with Gasteiger partial charge in [0.2, 0.25) is 0 Å². The van der Waals surface area contributed by atoms with Crippen LogP contribution in [0.3, 0.4) is 0 Å². The number of carbonyl (C=O) groups is 1. The highest BCUT2D eigenvalue weighted by Gasteiger charge is 2.49. The maximum atomic E-state index is 12.1. The number of carbonyl (C=O) groups excluding carboxylic acids is 1. The summed E-state index contributed by atoms with van der Waals surface area (Å²) in [5.74, 6) is -0.862. The van der Waals surface area contributed by atoms with Crippen molar-refractivity contribution in [2.75, 3.05) is 26.3 Å². The van der Waals surface area contributed by atoms with Gasteiger partial charge in [-0.2, -0.15) is 0 Å². The first-order chi connectivity index (χ1) is 11.1. The van der Waals surface area contributed by atoms with Crippen LogP contribution in [0.1, 0.15) is 38.8 Å². The van der Waals surface area contributed by atoms with E-state index in [0.717, 1.165) is 11.1 Å². The Kier molecular flexibility index (Phi) is 4.10. The molecule has 132 valence electrons. The smallest absolute Gasteiger partial charge is 0.410 e. The normalized spacial score (nSPS) is 22.1. The Balaban J connectivity index is 1.78. The summed E-state index contributed by atoms with van der Waals surface area (Å²) in [5.41, 5.74) is -0.142. The summed E-state index contributed by atoms with van der Waals surface area (Å²) in [4.78, 5) is 13.6. The Hall–Kier alpha value is -1.63. The number of hydrogen-bond donors (Lipinski definition) is 1. The van der Waals surface area contributed by atoms with Gasteiger partial charge >= 0.3 is 6.09 Å². The van der Waals surface area contributed by atoms with Crippen molar-refractivity contribution in [3.63, 3.8) is 0 Å². The Morgan fingerprint density at radius 1 is 1.17 bits per heavy atom. The van der Waals surface area contributed by atoms with Crippen LogP contribution in [0.4, 0.5) is 4.79 Å². The van der Waals surface area contributed by atoms with E-state index in [-0.39, 0.29) is 13.1 Å². The molecule has 1 amide bonds. The molecule has 0 saturated carbocycles. The molecular formula is C18H25NO5. The molecule has 0 radical (unpaired) electrons. The van der Waals surface area contributed by atoms with Crippen LogP contribution in [0.2, 0.25) is 0 Å². The maximum Gasteiger partial charge on any atom is 0.410 e. The van der Waals surface area contributed by atoms with E-state index in [9.17, 15) is 9.90 Å². The molecule has 1 aromatic rings.